The van der Waals surface area contributed by atoms with Gasteiger partial charge in [0.1, 0.15) is 17.2 Å². The first-order chi connectivity index (χ1) is 20.2. The highest BCUT2D eigenvalue weighted by atomic mass is 35.5. The topological polar surface area (TPSA) is 82.2 Å². The molecule has 0 radical (unpaired) electrons. The summed E-state index contributed by atoms with van der Waals surface area (Å²) in [4.78, 5) is 40.7. The zero-order valence-electron chi connectivity index (χ0n) is 24.4. The maximum absolute atomic E-state index is 14.1. The maximum atomic E-state index is 14.1. The fraction of sp³-hybridized carbons (Fsp3) is 0.483. The molecule has 1 N–H and O–H groups in total. The van der Waals surface area contributed by atoms with E-state index in [-0.39, 0.29) is 49.7 Å². The van der Waals surface area contributed by atoms with Crippen LogP contribution < -0.4 is 5.32 Å². The van der Waals surface area contributed by atoms with E-state index in [0.717, 1.165) is 12.1 Å². The van der Waals surface area contributed by atoms with Crippen LogP contribution in [0.4, 0.5) is 31.1 Å². The fourth-order valence-electron chi connectivity index (χ4n) is 4.39. The SMILES string of the molecule is CC(C)(C)OC(=O)N1CCN(C(=O)c2cccc(C(F)F)c2F)CC1.Cl.O=C(c1cccc(C(F)F)c1F)N1CCNCC1. The Morgan fingerprint density at radius 3 is 1.48 bits per heavy atom. The van der Waals surface area contributed by atoms with E-state index in [4.69, 9.17) is 4.74 Å². The van der Waals surface area contributed by atoms with E-state index in [1.165, 1.54) is 39.0 Å². The van der Waals surface area contributed by atoms with Crippen LogP contribution in [0.5, 0.6) is 0 Å². The number of hydrogen-bond acceptors (Lipinski definition) is 5. The average Bonchev–Trinajstić information content (AvgIpc) is 2.96. The molecule has 8 nitrogen and oxygen atoms in total. The van der Waals surface area contributed by atoms with Crippen LogP contribution in [0.3, 0.4) is 0 Å². The third-order valence-corrected chi connectivity index (χ3v) is 6.61. The second kappa shape index (κ2) is 16.0. The first kappa shape index (κ1) is 36.7. The summed E-state index contributed by atoms with van der Waals surface area (Å²) in [5.41, 5.74) is -2.81. The van der Waals surface area contributed by atoms with Crippen molar-refractivity contribution in [1.29, 1.82) is 0 Å². The molecule has 2 aromatic carbocycles. The Hall–Kier alpha value is -3.52. The van der Waals surface area contributed by atoms with Gasteiger partial charge in [-0.3, -0.25) is 9.59 Å². The number of nitrogens with zero attached hydrogens (tertiary/aromatic N) is 3. The minimum atomic E-state index is -2.99. The predicted molar refractivity (Wildman–Crippen MR) is 152 cm³/mol. The molecular weight excluding hydrogens is 618 g/mol. The van der Waals surface area contributed by atoms with E-state index in [1.54, 1.807) is 20.8 Å². The van der Waals surface area contributed by atoms with E-state index in [2.05, 4.69) is 5.32 Å². The van der Waals surface area contributed by atoms with Gasteiger partial charge in [-0.1, -0.05) is 24.3 Å². The van der Waals surface area contributed by atoms with Gasteiger partial charge in [0.15, 0.2) is 0 Å². The van der Waals surface area contributed by atoms with Gasteiger partial charge in [-0.2, -0.15) is 0 Å². The molecule has 2 aliphatic rings. The van der Waals surface area contributed by atoms with Gasteiger partial charge in [-0.25, -0.2) is 31.1 Å². The molecule has 0 unspecified atom stereocenters. The average molecular weight is 653 g/mol. The highest BCUT2D eigenvalue weighted by Crippen LogP contribution is 2.26. The van der Waals surface area contributed by atoms with Crippen LogP contribution >= 0.6 is 12.4 Å². The number of hydrogen-bond donors (Lipinski definition) is 1. The lowest BCUT2D eigenvalue weighted by molar-refractivity contribution is 0.0140. The van der Waals surface area contributed by atoms with Gasteiger partial charge in [0.2, 0.25) is 0 Å². The molecule has 2 aromatic rings. The number of halogens is 7. The van der Waals surface area contributed by atoms with Crippen molar-refractivity contribution < 1.29 is 45.5 Å². The molecule has 0 spiro atoms. The van der Waals surface area contributed by atoms with Crippen molar-refractivity contribution in [3.8, 4) is 0 Å². The maximum Gasteiger partial charge on any atom is 0.410 e. The highest BCUT2D eigenvalue weighted by molar-refractivity contribution is 5.95. The van der Waals surface area contributed by atoms with Crippen LogP contribution in [0, 0.1) is 11.6 Å². The predicted octanol–water partition coefficient (Wildman–Crippen LogP) is 5.69. The van der Waals surface area contributed by atoms with Gasteiger partial charge < -0.3 is 24.8 Å². The van der Waals surface area contributed by atoms with Crippen molar-refractivity contribution in [2.45, 2.75) is 39.2 Å². The number of amides is 3. The van der Waals surface area contributed by atoms with Crippen LogP contribution in [-0.4, -0.2) is 90.6 Å². The lowest BCUT2D eigenvalue weighted by Gasteiger charge is -2.35. The molecule has 0 aromatic heterocycles. The molecule has 2 fully saturated rings. The van der Waals surface area contributed by atoms with E-state index in [9.17, 15) is 40.7 Å². The first-order valence-electron chi connectivity index (χ1n) is 13.6. The summed E-state index contributed by atoms with van der Waals surface area (Å²) in [6.07, 6.45) is -6.39. The molecule has 2 heterocycles. The molecule has 0 atom stereocenters. The molecule has 244 valence electrons. The van der Waals surface area contributed by atoms with E-state index >= 15 is 0 Å². The van der Waals surface area contributed by atoms with Crippen molar-refractivity contribution in [3.63, 3.8) is 0 Å². The Balaban J connectivity index is 0.000000315. The number of carbonyl (C=O) groups is 3. The largest absolute Gasteiger partial charge is 0.444 e. The molecule has 0 saturated carbocycles. The van der Waals surface area contributed by atoms with Gasteiger partial charge in [0.05, 0.1) is 22.3 Å². The first-order valence-corrected chi connectivity index (χ1v) is 13.6. The lowest BCUT2D eigenvalue weighted by atomic mass is 10.1. The Morgan fingerprint density at radius 1 is 0.705 bits per heavy atom. The Labute approximate surface area is 257 Å². The summed E-state index contributed by atoms with van der Waals surface area (Å²) >= 11 is 0. The zero-order valence-corrected chi connectivity index (χ0v) is 25.2. The second-order valence-electron chi connectivity index (χ2n) is 10.8. The van der Waals surface area contributed by atoms with Crippen LogP contribution in [0.2, 0.25) is 0 Å². The quantitative estimate of drug-likeness (QED) is 0.430. The lowest BCUT2D eigenvalue weighted by Crippen LogP contribution is -2.51. The molecule has 15 heteroatoms. The number of benzene rings is 2. The molecule has 0 aliphatic carbocycles. The third-order valence-electron chi connectivity index (χ3n) is 6.61. The number of alkyl halides is 4. The number of nitrogens with one attached hydrogen (secondary N) is 1. The molecular formula is C29H35ClF6N4O4. The number of rotatable bonds is 4. The molecule has 3 amide bonds. The van der Waals surface area contributed by atoms with Gasteiger partial charge in [0, 0.05) is 52.4 Å². The number of ether oxygens (including phenoxy) is 1. The normalized spacial score (nSPS) is 15.4. The summed E-state index contributed by atoms with van der Waals surface area (Å²) in [6.45, 7) is 8.25. The minimum absolute atomic E-state index is 0. The van der Waals surface area contributed by atoms with Crippen molar-refractivity contribution in [2.75, 3.05) is 52.4 Å². The summed E-state index contributed by atoms with van der Waals surface area (Å²) in [5, 5.41) is 3.06. The number of carbonyl (C=O) groups excluding carboxylic acids is 3. The molecule has 44 heavy (non-hydrogen) atoms. The van der Waals surface area contributed by atoms with E-state index < -0.39 is 59.1 Å². The van der Waals surface area contributed by atoms with Gasteiger partial charge in [-0.15, -0.1) is 12.4 Å². The van der Waals surface area contributed by atoms with Gasteiger partial charge in [0.25, 0.3) is 24.7 Å². The second-order valence-corrected chi connectivity index (χ2v) is 10.8. The monoisotopic (exact) mass is 652 g/mol. The standard InChI is InChI=1S/C17H21F3N2O3.C12H13F3N2O.ClH/c1-17(2,3)25-16(24)22-9-7-21(8-10-22)15(23)12-6-4-5-11(13(12)18)14(19)20;13-10-8(11(14)15)2-1-3-9(10)12(18)17-6-4-16-5-7-17;/h4-6,14H,7-10H2,1-3H3;1-3,11,16H,4-7H2;1H. The third kappa shape index (κ3) is 9.49. The van der Waals surface area contributed by atoms with Crippen molar-refractivity contribution in [3.05, 3.63) is 70.3 Å². The summed E-state index contributed by atoms with van der Waals surface area (Å²) < 4.78 is 83.8. The van der Waals surface area contributed by atoms with Crippen molar-refractivity contribution >= 4 is 30.3 Å². The Kier molecular flexibility index (Phi) is 13.3. The van der Waals surface area contributed by atoms with E-state index in [0.29, 0.717) is 26.2 Å². The van der Waals surface area contributed by atoms with Crippen LogP contribution in [-0.2, 0) is 4.74 Å². The zero-order chi connectivity index (χ0) is 31.9. The van der Waals surface area contributed by atoms with Crippen molar-refractivity contribution in [2.24, 2.45) is 0 Å². The fourth-order valence-corrected chi connectivity index (χ4v) is 4.39. The summed E-state index contributed by atoms with van der Waals surface area (Å²) in [7, 11) is 0. The Bertz CT molecular complexity index is 1300. The minimum Gasteiger partial charge on any atom is -0.444 e. The van der Waals surface area contributed by atoms with Crippen LogP contribution in [0.25, 0.3) is 0 Å². The van der Waals surface area contributed by atoms with E-state index in [1.807, 2.05) is 0 Å². The van der Waals surface area contributed by atoms with Gasteiger partial charge in [-0.05, 0) is 32.9 Å². The molecule has 0 bridgehead atoms. The molecule has 4 rings (SSSR count). The molecule has 2 saturated heterocycles. The smallest absolute Gasteiger partial charge is 0.410 e. The number of piperazine rings is 2. The Morgan fingerprint density at radius 2 is 1.09 bits per heavy atom. The van der Waals surface area contributed by atoms with Gasteiger partial charge >= 0.3 is 6.09 Å². The molecule has 2 aliphatic heterocycles. The van der Waals surface area contributed by atoms with Crippen LogP contribution in [0.15, 0.2) is 36.4 Å². The summed E-state index contributed by atoms with van der Waals surface area (Å²) in [5.74, 6) is -3.51. The highest BCUT2D eigenvalue weighted by Gasteiger charge is 2.30. The van der Waals surface area contributed by atoms with Crippen molar-refractivity contribution in [1.82, 2.24) is 20.0 Å². The summed E-state index contributed by atoms with van der Waals surface area (Å²) in [6, 6.07) is 6.88. The van der Waals surface area contributed by atoms with Crippen LogP contribution in [0.1, 0.15) is 65.5 Å².